The maximum absolute atomic E-state index is 14.2. The van der Waals surface area contributed by atoms with Crippen molar-refractivity contribution in [2.45, 2.75) is 96.1 Å². The third kappa shape index (κ3) is 8.84. The molecule has 2 aromatic rings. The predicted octanol–water partition coefficient (Wildman–Crippen LogP) is 1.67. The van der Waals surface area contributed by atoms with Crippen molar-refractivity contribution in [3.05, 3.63) is 71.8 Å². The third-order valence-electron chi connectivity index (χ3n) is 9.84. The quantitative estimate of drug-likeness (QED) is 0.425. The first-order chi connectivity index (χ1) is 23.9. The topological polar surface area (TPSA) is 148 Å². The molecule has 4 rings (SSSR count). The zero-order chi connectivity index (χ0) is 36.5. The van der Waals surface area contributed by atoms with Crippen LogP contribution in [0.25, 0.3) is 0 Å². The molecule has 0 aromatic heterocycles. The lowest BCUT2D eigenvalue weighted by Gasteiger charge is -2.36. The summed E-state index contributed by atoms with van der Waals surface area (Å²) in [6.45, 7) is 6.95. The van der Waals surface area contributed by atoms with Crippen LogP contribution in [0.15, 0.2) is 60.7 Å². The van der Waals surface area contributed by atoms with Gasteiger partial charge in [-0.15, -0.1) is 0 Å². The van der Waals surface area contributed by atoms with Crippen molar-refractivity contribution in [1.29, 1.82) is 0 Å². The summed E-state index contributed by atoms with van der Waals surface area (Å²) in [4.78, 5) is 87.6. The Bertz CT molecular complexity index is 1530. The SMILES string of the molecule is [2H]CN1C(=O)[C@H]([C@@H](C)CC)NC(=O)[C@@H](Cc2ccccc2)NC(=O)[C@@H]2CCCN2C(=O)[C@@H](Cc2ccccc2)NC(=O)[C@H](C)N(C)C(=O)[C@@H]1C. The lowest BCUT2D eigenvalue weighted by atomic mass is 9.96. The van der Waals surface area contributed by atoms with Crippen molar-refractivity contribution in [2.24, 2.45) is 5.92 Å². The fourth-order valence-electron chi connectivity index (χ4n) is 6.27. The van der Waals surface area contributed by atoms with Gasteiger partial charge in [0, 0.05) is 34.8 Å². The molecule has 2 aliphatic heterocycles. The Kier molecular flexibility index (Phi) is 12.0. The van der Waals surface area contributed by atoms with E-state index in [2.05, 4.69) is 16.0 Å². The molecule has 0 aliphatic carbocycles. The van der Waals surface area contributed by atoms with Crippen LogP contribution in [0, 0.1) is 5.92 Å². The predicted molar refractivity (Wildman–Crippen MR) is 185 cm³/mol. The van der Waals surface area contributed by atoms with Crippen molar-refractivity contribution in [2.75, 3.05) is 20.6 Å². The highest BCUT2D eigenvalue weighted by Crippen LogP contribution is 2.21. The monoisotopic (exact) mass is 675 g/mol. The number of fused-ring (bicyclic) bond motifs is 1. The van der Waals surface area contributed by atoms with Gasteiger partial charge in [-0.3, -0.25) is 28.8 Å². The van der Waals surface area contributed by atoms with Crippen LogP contribution in [0.1, 0.15) is 59.5 Å². The summed E-state index contributed by atoms with van der Waals surface area (Å²) in [6.07, 6.45) is 1.67. The molecule has 12 heteroatoms. The number of amides is 6. The van der Waals surface area contributed by atoms with E-state index < -0.39 is 78.7 Å². The summed E-state index contributed by atoms with van der Waals surface area (Å²) >= 11 is 0. The molecule has 3 N–H and O–H groups in total. The van der Waals surface area contributed by atoms with Crippen molar-refractivity contribution in [3.63, 3.8) is 0 Å². The number of hydrogen-bond acceptors (Lipinski definition) is 6. The van der Waals surface area contributed by atoms with Gasteiger partial charge < -0.3 is 30.7 Å². The highest BCUT2D eigenvalue weighted by atomic mass is 16.2. The summed E-state index contributed by atoms with van der Waals surface area (Å²) in [5.74, 6) is -3.71. The molecule has 264 valence electrons. The summed E-state index contributed by atoms with van der Waals surface area (Å²) in [7, 11) is 0.864. The highest BCUT2D eigenvalue weighted by molar-refractivity contribution is 5.98. The van der Waals surface area contributed by atoms with E-state index in [4.69, 9.17) is 1.37 Å². The first-order valence-electron chi connectivity index (χ1n) is 17.7. The molecular weight excluding hydrogens is 624 g/mol. The van der Waals surface area contributed by atoms with Crippen LogP contribution in [0.4, 0.5) is 0 Å². The van der Waals surface area contributed by atoms with E-state index in [1.165, 1.54) is 30.7 Å². The lowest BCUT2D eigenvalue weighted by molar-refractivity contribution is -0.149. The molecule has 0 saturated carbocycles. The Morgan fingerprint density at radius 1 is 0.735 bits per heavy atom. The summed E-state index contributed by atoms with van der Waals surface area (Å²) in [5.41, 5.74) is 1.56. The van der Waals surface area contributed by atoms with Crippen LogP contribution in [0.2, 0.25) is 0 Å². The molecule has 0 radical (unpaired) electrons. The standard InChI is InChI=1S/C37H50N6O6/c1-7-23(2)31-37(49)42(6)25(4)35(47)41(5)24(3)32(44)39-29(22-27-17-12-9-13-18-27)36(48)43-20-14-19-30(43)34(46)38-28(33(45)40-31)21-26-15-10-8-11-16-26/h8-13,15-18,23-25,28-31H,7,14,19-22H2,1-6H3,(H,38,46)(H,39,44)(H,40,45)/t23-,24-,25-,28+,29+,30-,31-/m0/s1/i6D. The number of nitrogens with zero attached hydrogens (tertiary/aromatic N) is 3. The van der Waals surface area contributed by atoms with E-state index in [0.717, 1.165) is 16.0 Å². The third-order valence-corrected chi connectivity index (χ3v) is 9.84. The van der Waals surface area contributed by atoms with Gasteiger partial charge in [0.2, 0.25) is 35.4 Å². The summed E-state index contributed by atoms with van der Waals surface area (Å²) in [5, 5.41) is 8.56. The van der Waals surface area contributed by atoms with Gasteiger partial charge >= 0.3 is 0 Å². The van der Waals surface area contributed by atoms with Gasteiger partial charge in [-0.1, -0.05) is 80.9 Å². The Labute approximate surface area is 290 Å². The second-order valence-electron chi connectivity index (χ2n) is 13.2. The molecule has 2 aromatic carbocycles. The Morgan fingerprint density at radius 2 is 1.31 bits per heavy atom. The van der Waals surface area contributed by atoms with E-state index in [9.17, 15) is 28.8 Å². The van der Waals surface area contributed by atoms with E-state index in [0.29, 0.717) is 19.3 Å². The minimum atomic E-state index is -1.14. The molecule has 12 nitrogen and oxygen atoms in total. The average Bonchev–Trinajstić information content (AvgIpc) is 3.62. The molecule has 2 fully saturated rings. The number of likely N-dealkylation sites (N-methyl/N-ethyl adjacent to an activating group) is 2. The van der Waals surface area contributed by atoms with Gasteiger partial charge in [-0.05, 0) is 43.7 Å². The van der Waals surface area contributed by atoms with Crippen LogP contribution in [0.5, 0.6) is 0 Å². The summed E-state index contributed by atoms with van der Waals surface area (Å²) < 4.78 is 8.21. The number of nitrogens with one attached hydrogen (secondary N) is 3. The smallest absolute Gasteiger partial charge is 0.246 e. The number of carbonyl (C=O) groups is 6. The average molecular weight is 676 g/mol. The Morgan fingerprint density at radius 3 is 1.88 bits per heavy atom. The van der Waals surface area contributed by atoms with Gasteiger partial charge in [-0.25, -0.2) is 0 Å². The minimum Gasteiger partial charge on any atom is -0.342 e. The van der Waals surface area contributed by atoms with Crippen LogP contribution in [-0.4, -0.2) is 107 Å². The van der Waals surface area contributed by atoms with Crippen molar-refractivity contribution < 1.29 is 30.1 Å². The van der Waals surface area contributed by atoms with Crippen LogP contribution >= 0.6 is 0 Å². The number of carbonyl (C=O) groups excluding carboxylic acids is 6. The molecule has 0 bridgehead atoms. The molecule has 7 atom stereocenters. The molecule has 0 spiro atoms. The van der Waals surface area contributed by atoms with Crippen LogP contribution in [0.3, 0.4) is 0 Å². The fourth-order valence-corrected chi connectivity index (χ4v) is 6.27. The van der Waals surface area contributed by atoms with Crippen molar-refractivity contribution in [1.82, 2.24) is 30.7 Å². The zero-order valence-corrected chi connectivity index (χ0v) is 29.1. The van der Waals surface area contributed by atoms with Crippen LogP contribution in [-0.2, 0) is 41.6 Å². The molecular formula is C37H50N6O6. The molecule has 2 aliphatic rings. The first kappa shape index (κ1) is 35.6. The van der Waals surface area contributed by atoms with Gasteiger partial charge in [0.1, 0.15) is 36.3 Å². The van der Waals surface area contributed by atoms with Gasteiger partial charge in [0.05, 0.1) is 0 Å². The second-order valence-corrected chi connectivity index (χ2v) is 13.2. The van der Waals surface area contributed by atoms with Gasteiger partial charge in [0.15, 0.2) is 0 Å². The molecule has 2 heterocycles. The summed E-state index contributed by atoms with van der Waals surface area (Å²) in [6, 6.07) is 12.0. The minimum absolute atomic E-state index is 0.118. The lowest BCUT2D eigenvalue weighted by Crippen LogP contribution is -2.62. The zero-order valence-electron chi connectivity index (χ0n) is 30.1. The van der Waals surface area contributed by atoms with E-state index in [1.54, 1.807) is 6.92 Å². The van der Waals surface area contributed by atoms with E-state index >= 15 is 0 Å². The largest absolute Gasteiger partial charge is 0.342 e. The molecule has 6 amide bonds. The van der Waals surface area contributed by atoms with Crippen LogP contribution < -0.4 is 16.0 Å². The van der Waals surface area contributed by atoms with Crippen molar-refractivity contribution >= 4 is 35.4 Å². The van der Waals surface area contributed by atoms with Crippen molar-refractivity contribution in [3.8, 4) is 0 Å². The van der Waals surface area contributed by atoms with Gasteiger partial charge in [-0.2, -0.15) is 0 Å². The normalized spacial score (nSPS) is 27.4. The van der Waals surface area contributed by atoms with E-state index in [-0.39, 0.29) is 25.3 Å². The molecule has 2 saturated heterocycles. The Balaban J connectivity index is 1.78. The molecule has 49 heavy (non-hydrogen) atoms. The fraction of sp³-hybridized carbons (Fsp3) is 0.514. The highest BCUT2D eigenvalue weighted by Gasteiger charge is 2.41. The van der Waals surface area contributed by atoms with E-state index in [1.807, 2.05) is 67.6 Å². The maximum Gasteiger partial charge on any atom is 0.246 e. The second kappa shape index (κ2) is 16.6. The first-order valence-corrected chi connectivity index (χ1v) is 17.0. The number of hydrogen-bond donors (Lipinski definition) is 3. The Hall–Kier alpha value is -4.74. The number of benzene rings is 2. The molecule has 0 unspecified atom stereocenters. The maximum atomic E-state index is 14.2. The van der Waals surface area contributed by atoms with Gasteiger partial charge in [0.25, 0.3) is 0 Å². The number of rotatable bonds is 6.